The molecule has 1 saturated heterocycles. The first-order valence-electron chi connectivity index (χ1n) is 10.0. The summed E-state index contributed by atoms with van der Waals surface area (Å²) >= 11 is 0. The molecular formula is C26H24O2. The van der Waals surface area contributed by atoms with Gasteiger partial charge in [-0.15, -0.1) is 0 Å². The van der Waals surface area contributed by atoms with Gasteiger partial charge in [0, 0.05) is 11.1 Å². The molecule has 0 aliphatic carbocycles. The molecule has 2 heteroatoms. The Morgan fingerprint density at radius 3 is 2.11 bits per heavy atom. The zero-order valence-electron chi connectivity index (χ0n) is 16.2. The van der Waals surface area contributed by atoms with Crippen LogP contribution in [-0.2, 0) is 15.3 Å². The maximum Gasteiger partial charge on any atom is 0.223 e. The van der Waals surface area contributed by atoms with Gasteiger partial charge in [-0.3, -0.25) is 0 Å². The third-order valence-corrected chi connectivity index (χ3v) is 5.75. The molecule has 1 aliphatic rings. The Kier molecular flexibility index (Phi) is 4.38. The SMILES string of the molecule is Cc1ccc2ccccc2c1C1(c2ccc3ccccc3c2)OCCCCO1. The highest BCUT2D eigenvalue weighted by Crippen LogP contribution is 2.43. The predicted octanol–water partition coefficient (Wildman–Crippen LogP) is 6.33. The normalized spacial score (nSPS) is 16.9. The van der Waals surface area contributed by atoms with E-state index in [9.17, 15) is 0 Å². The molecule has 0 unspecified atom stereocenters. The van der Waals surface area contributed by atoms with Crippen LogP contribution < -0.4 is 0 Å². The minimum atomic E-state index is -0.883. The van der Waals surface area contributed by atoms with Crippen LogP contribution in [0.4, 0.5) is 0 Å². The Morgan fingerprint density at radius 1 is 0.679 bits per heavy atom. The smallest absolute Gasteiger partial charge is 0.223 e. The monoisotopic (exact) mass is 368 g/mol. The third-order valence-electron chi connectivity index (χ3n) is 5.75. The Balaban J connectivity index is 1.82. The van der Waals surface area contributed by atoms with E-state index in [1.807, 2.05) is 0 Å². The van der Waals surface area contributed by atoms with Crippen molar-refractivity contribution in [2.45, 2.75) is 25.6 Å². The topological polar surface area (TPSA) is 18.5 Å². The molecule has 0 radical (unpaired) electrons. The molecule has 0 N–H and O–H groups in total. The van der Waals surface area contributed by atoms with Crippen molar-refractivity contribution >= 4 is 21.5 Å². The summed E-state index contributed by atoms with van der Waals surface area (Å²) in [6.07, 6.45) is 2.03. The van der Waals surface area contributed by atoms with Crippen molar-refractivity contribution in [3.05, 3.63) is 95.6 Å². The second kappa shape index (κ2) is 7.05. The van der Waals surface area contributed by atoms with Crippen molar-refractivity contribution in [3.63, 3.8) is 0 Å². The molecule has 2 nitrogen and oxygen atoms in total. The molecule has 0 bridgehead atoms. The maximum absolute atomic E-state index is 6.58. The van der Waals surface area contributed by atoms with Gasteiger partial charge in [0.15, 0.2) is 0 Å². The minimum absolute atomic E-state index is 0.690. The summed E-state index contributed by atoms with van der Waals surface area (Å²) in [4.78, 5) is 0. The molecule has 4 aromatic rings. The fourth-order valence-electron chi connectivity index (χ4n) is 4.34. The van der Waals surface area contributed by atoms with E-state index < -0.39 is 5.79 Å². The van der Waals surface area contributed by atoms with Crippen LogP contribution in [0.15, 0.2) is 78.9 Å². The van der Waals surface area contributed by atoms with E-state index in [0.717, 1.165) is 24.0 Å². The first-order valence-corrected chi connectivity index (χ1v) is 10.0. The minimum Gasteiger partial charge on any atom is -0.342 e. The molecule has 0 saturated carbocycles. The number of aryl methyl sites for hydroxylation is 1. The van der Waals surface area contributed by atoms with Gasteiger partial charge in [0.1, 0.15) is 0 Å². The highest BCUT2D eigenvalue weighted by Gasteiger charge is 2.40. The number of rotatable bonds is 2. The average Bonchev–Trinajstić information content (AvgIpc) is 3.00. The first kappa shape index (κ1) is 17.4. The van der Waals surface area contributed by atoms with Crippen LogP contribution >= 0.6 is 0 Å². The van der Waals surface area contributed by atoms with Crippen molar-refractivity contribution in [1.29, 1.82) is 0 Å². The van der Waals surface area contributed by atoms with Crippen molar-refractivity contribution in [2.24, 2.45) is 0 Å². The van der Waals surface area contributed by atoms with Crippen LogP contribution in [0.1, 0.15) is 29.5 Å². The van der Waals surface area contributed by atoms with E-state index in [4.69, 9.17) is 9.47 Å². The highest BCUT2D eigenvalue weighted by molar-refractivity contribution is 5.89. The Labute approximate surface area is 165 Å². The van der Waals surface area contributed by atoms with Gasteiger partial charge >= 0.3 is 0 Å². The molecule has 0 spiro atoms. The maximum atomic E-state index is 6.58. The van der Waals surface area contributed by atoms with Gasteiger partial charge in [-0.05, 0) is 52.9 Å². The van der Waals surface area contributed by atoms with E-state index in [-0.39, 0.29) is 0 Å². The van der Waals surface area contributed by atoms with Gasteiger partial charge in [0.05, 0.1) is 13.2 Å². The van der Waals surface area contributed by atoms with Crippen molar-refractivity contribution in [3.8, 4) is 0 Å². The molecule has 140 valence electrons. The van der Waals surface area contributed by atoms with Crippen LogP contribution in [0, 0.1) is 6.92 Å². The average molecular weight is 368 g/mol. The van der Waals surface area contributed by atoms with E-state index in [1.165, 1.54) is 27.1 Å². The molecule has 0 aromatic heterocycles. The lowest BCUT2D eigenvalue weighted by Gasteiger charge is -2.35. The van der Waals surface area contributed by atoms with E-state index in [0.29, 0.717) is 13.2 Å². The number of hydrogen-bond acceptors (Lipinski definition) is 2. The van der Waals surface area contributed by atoms with Crippen LogP contribution in [0.3, 0.4) is 0 Å². The lowest BCUT2D eigenvalue weighted by Crippen LogP contribution is -2.35. The van der Waals surface area contributed by atoms with Crippen LogP contribution in [0.5, 0.6) is 0 Å². The van der Waals surface area contributed by atoms with E-state index >= 15 is 0 Å². The zero-order valence-corrected chi connectivity index (χ0v) is 16.2. The number of benzene rings is 4. The van der Waals surface area contributed by atoms with Gasteiger partial charge in [-0.25, -0.2) is 0 Å². The van der Waals surface area contributed by atoms with Gasteiger partial charge in [-0.2, -0.15) is 0 Å². The number of hydrogen-bond donors (Lipinski definition) is 0. The Morgan fingerprint density at radius 2 is 1.32 bits per heavy atom. The summed E-state index contributed by atoms with van der Waals surface area (Å²) in [5.41, 5.74) is 3.38. The standard InChI is InChI=1S/C26H24O2/c1-19-12-13-21-9-4-5-11-24(21)25(19)26(27-16-6-7-17-28-26)23-15-14-20-8-2-3-10-22(20)18-23/h2-5,8-15,18H,6-7,16-17H2,1H3. The first-order chi connectivity index (χ1) is 13.8. The van der Waals surface area contributed by atoms with Gasteiger partial charge in [-0.1, -0.05) is 72.8 Å². The Hall–Kier alpha value is -2.68. The fourth-order valence-corrected chi connectivity index (χ4v) is 4.34. The third kappa shape index (κ3) is 2.81. The Bertz CT molecular complexity index is 1140. The van der Waals surface area contributed by atoms with Crippen molar-refractivity contribution in [1.82, 2.24) is 0 Å². The molecule has 0 amide bonds. The molecule has 0 atom stereocenters. The summed E-state index contributed by atoms with van der Waals surface area (Å²) in [6, 6.07) is 27.9. The highest BCUT2D eigenvalue weighted by atomic mass is 16.7. The second-order valence-electron chi connectivity index (χ2n) is 7.56. The van der Waals surface area contributed by atoms with Crippen molar-refractivity contribution in [2.75, 3.05) is 13.2 Å². The van der Waals surface area contributed by atoms with Gasteiger partial charge in [0.2, 0.25) is 5.79 Å². The second-order valence-corrected chi connectivity index (χ2v) is 7.56. The van der Waals surface area contributed by atoms with Crippen LogP contribution in [-0.4, -0.2) is 13.2 Å². The zero-order chi connectivity index (χ0) is 19.0. The number of ether oxygens (including phenoxy) is 2. The predicted molar refractivity (Wildman–Crippen MR) is 115 cm³/mol. The molecule has 1 fully saturated rings. The lowest BCUT2D eigenvalue weighted by atomic mass is 9.88. The quantitative estimate of drug-likeness (QED) is 0.412. The van der Waals surface area contributed by atoms with E-state index in [2.05, 4.69) is 85.8 Å². The molecule has 1 heterocycles. The largest absolute Gasteiger partial charge is 0.342 e. The molecule has 28 heavy (non-hydrogen) atoms. The molecule has 5 rings (SSSR count). The summed E-state index contributed by atoms with van der Waals surface area (Å²) < 4.78 is 13.2. The lowest BCUT2D eigenvalue weighted by molar-refractivity contribution is -0.203. The van der Waals surface area contributed by atoms with Crippen molar-refractivity contribution < 1.29 is 9.47 Å². The fraction of sp³-hybridized carbons (Fsp3) is 0.231. The van der Waals surface area contributed by atoms with Crippen LogP contribution in [0.25, 0.3) is 21.5 Å². The summed E-state index contributed by atoms with van der Waals surface area (Å²) in [5, 5.41) is 4.83. The number of fused-ring (bicyclic) bond motifs is 2. The summed E-state index contributed by atoms with van der Waals surface area (Å²) in [5.74, 6) is -0.883. The molecule has 4 aromatic carbocycles. The summed E-state index contributed by atoms with van der Waals surface area (Å²) in [7, 11) is 0. The van der Waals surface area contributed by atoms with E-state index in [1.54, 1.807) is 0 Å². The van der Waals surface area contributed by atoms with Crippen LogP contribution in [0.2, 0.25) is 0 Å². The summed E-state index contributed by atoms with van der Waals surface area (Å²) in [6.45, 7) is 3.53. The van der Waals surface area contributed by atoms with Gasteiger partial charge < -0.3 is 9.47 Å². The molecule has 1 aliphatic heterocycles. The molecular weight excluding hydrogens is 344 g/mol. The van der Waals surface area contributed by atoms with Gasteiger partial charge in [0.25, 0.3) is 0 Å².